The second-order valence-electron chi connectivity index (χ2n) is 13.9. The van der Waals surface area contributed by atoms with Crippen LogP contribution in [0.3, 0.4) is 0 Å². The molecule has 4 atom stereocenters. The van der Waals surface area contributed by atoms with Crippen molar-refractivity contribution in [3.8, 4) is 0 Å². The Labute approximate surface area is 277 Å². The maximum atomic E-state index is 14.4. The van der Waals surface area contributed by atoms with Gasteiger partial charge in [-0.1, -0.05) is 43.2 Å². The topological polar surface area (TPSA) is 110 Å². The van der Waals surface area contributed by atoms with E-state index in [1.54, 1.807) is 30.3 Å². The lowest BCUT2D eigenvalue weighted by atomic mass is 9.82. The second-order valence-corrected chi connectivity index (χ2v) is 15.8. The molecule has 2 aromatic rings. The van der Waals surface area contributed by atoms with Crippen molar-refractivity contribution < 1.29 is 27.5 Å². The Kier molecular flexibility index (Phi) is 9.90. The third-order valence-electron chi connectivity index (χ3n) is 11.1. The monoisotopic (exact) mass is 666 g/mol. The van der Waals surface area contributed by atoms with Crippen molar-refractivity contribution in [2.75, 3.05) is 33.2 Å². The van der Waals surface area contributed by atoms with Crippen molar-refractivity contribution in [2.24, 2.45) is 11.8 Å². The third kappa shape index (κ3) is 6.90. The van der Waals surface area contributed by atoms with E-state index >= 15 is 0 Å². The maximum Gasteiger partial charge on any atom is 0.240 e. The van der Waals surface area contributed by atoms with Crippen molar-refractivity contribution in [3.05, 3.63) is 78.1 Å². The first-order valence-electron chi connectivity index (χ1n) is 17.0. The Hall–Kier alpha value is -3.12. The van der Waals surface area contributed by atoms with Gasteiger partial charge in [-0.3, -0.25) is 14.5 Å². The number of benzene rings is 2. The van der Waals surface area contributed by atoms with Crippen LogP contribution in [0.2, 0.25) is 0 Å². The lowest BCUT2D eigenvalue weighted by Crippen LogP contribution is -2.54. The average Bonchev–Trinajstić information content (AvgIpc) is 3.77. The summed E-state index contributed by atoms with van der Waals surface area (Å²) in [5.41, 5.74) is -0.0839. The molecular formula is C36H47FN4O5S. The number of sulfonamides is 1. The molecule has 9 nitrogen and oxygen atoms in total. The number of nitrogens with one attached hydrogen (secondary N) is 1. The molecule has 6 rings (SSSR count). The number of carbonyl (C=O) groups excluding carboxylic acids is 2. The third-order valence-corrected chi connectivity index (χ3v) is 12.6. The first-order valence-corrected chi connectivity index (χ1v) is 18.5. The lowest BCUT2D eigenvalue weighted by molar-refractivity contribution is -0.135. The first-order chi connectivity index (χ1) is 22.5. The Morgan fingerprint density at radius 3 is 2.38 bits per heavy atom. The summed E-state index contributed by atoms with van der Waals surface area (Å²) in [6, 6.07) is 13.1. The molecular weight excluding hydrogens is 619 g/mol. The van der Waals surface area contributed by atoms with Gasteiger partial charge in [-0.2, -0.15) is 0 Å². The van der Waals surface area contributed by atoms with Crippen LogP contribution in [-0.2, 0) is 31.6 Å². The number of likely N-dealkylation sites (tertiary alicyclic amines) is 1. The first kappa shape index (κ1) is 33.8. The van der Waals surface area contributed by atoms with Gasteiger partial charge in [0.15, 0.2) is 0 Å². The van der Waals surface area contributed by atoms with Crippen LogP contribution in [0.4, 0.5) is 4.39 Å². The molecule has 2 aromatic carbocycles. The van der Waals surface area contributed by atoms with Crippen LogP contribution in [0.5, 0.6) is 0 Å². The van der Waals surface area contributed by atoms with E-state index in [-0.39, 0.29) is 59.6 Å². The molecule has 1 aliphatic carbocycles. The van der Waals surface area contributed by atoms with Gasteiger partial charge in [0.05, 0.1) is 17.9 Å². The molecule has 47 heavy (non-hydrogen) atoms. The van der Waals surface area contributed by atoms with Crippen molar-refractivity contribution in [1.29, 1.82) is 0 Å². The summed E-state index contributed by atoms with van der Waals surface area (Å²) in [6.07, 6.45) is 9.38. The van der Waals surface area contributed by atoms with Gasteiger partial charge >= 0.3 is 0 Å². The van der Waals surface area contributed by atoms with Crippen LogP contribution >= 0.6 is 0 Å². The summed E-state index contributed by atoms with van der Waals surface area (Å²) < 4.78 is 40.9. The van der Waals surface area contributed by atoms with Crippen LogP contribution < -0.4 is 4.72 Å². The van der Waals surface area contributed by atoms with Crippen molar-refractivity contribution in [1.82, 2.24) is 19.4 Å². The van der Waals surface area contributed by atoms with Crippen LogP contribution in [0.15, 0.2) is 66.1 Å². The van der Waals surface area contributed by atoms with E-state index in [1.165, 1.54) is 31.3 Å². The molecule has 0 radical (unpaired) electrons. The number of halogens is 1. The molecule has 254 valence electrons. The Morgan fingerprint density at radius 2 is 1.77 bits per heavy atom. The van der Waals surface area contributed by atoms with Gasteiger partial charge in [-0.05, 0) is 81.0 Å². The molecule has 2 amide bonds. The van der Waals surface area contributed by atoms with E-state index in [4.69, 9.17) is 0 Å². The van der Waals surface area contributed by atoms with Gasteiger partial charge in [0.2, 0.25) is 21.8 Å². The molecule has 0 aromatic heterocycles. The molecule has 2 bridgehead atoms. The SMILES string of the molecule is C=CCN(C(=O)Cc1ccc(S(=O)(=O)NC)cc1)C1CC2CCC(C1)N2CC1CN(C(=O)C2CCCC2)CC1(O)c1cccc(F)c1. The molecule has 4 aliphatic rings. The lowest BCUT2D eigenvalue weighted by Gasteiger charge is -2.45. The number of hydrogen-bond acceptors (Lipinski definition) is 6. The standard InChI is InChI=1S/C36H47FN4O5S/c1-3-17-40(34(42)18-25-11-15-33(16-12-25)47(45,46)38-2)32-20-30-13-14-31(21-32)41(30)23-28-22-39(35(43)26-7-4-5-8-26)24-36(28,44)27-9-6-10-29(37)19-27/h3,6,9-12,15-16,19,26,28,30-32,38,44H,1,4-5,7-8,13-14,17-18,20-24H2,2H3. The second kappa shape index (κ2) is 13.8. The number of fused-ring (bicyclic) bond motifs is 2. The van der Waals surface area contributed by atoms with Gasteiger partial charge in [0.1, 0.15) is 11.4 Å². The fourth-order valence-electron chi connectivity index (χ4n) is 8.62. The summed E-state index contributed by atoms with van der Waals surface area (Å²) in [6.45, 7) is 5.54. The molecule has 11 heteroatoms. The summed E-state index contributed by atoms with van der Waals surface area (Å²) in [4.78, 5) is 33.5. The quantitative estimate of drug-likeness (QED) is 0.353. The van der Waals surface area contributed by atoms with Crippen molar-refractivity contribution in [2.45, 2.75) is 86.4 Å². The number of nitrogens with zero attached hydrogens (tertiary/aromatic N) is 3. The zero-order valence-electron chi connectivity index (χ0n) is 27.2. The highest BCUT2D eigenvalue weighted by molar-refractivity contribution is 7.89. The van der Waals surface area contributed by atoms with Crippen LogP contribution in [0, 0.1) is 17.7 Å². The van der Waals surface area contributed by atoms with E-state index < -0.39 is 21.4 Å². The summed E-state index contributed by atoms with van der Waals surface area (Å²) >= 11 is 0. The van der Waals surface area contributed by atoms with Crippen molar-refractivity contribution >= 4 is 21.8 Å². The minimum atomic E-state index is -3.56. The van der Waals surface area contributed by atoms with E-state index in [0.717, 1.165) is 56.9 Å². The number of carbonyl (C=O) groups is 2. The van der Waals surface area contributed by atoms with E-state index in [2.05, 4.69) is 16.2 Å². The molecule has 1 saturated carbocycles. The van der Waals surface area contributed by atoms with E-state index in [0.29, 0.717) is 25.2 Å². The molecule has 0 spiro atoms. The van der Waals surface area contributed by atoms with Crippen LogP contribution in [-0.4, -0.2) is 91.4 Å². The number of β-amino-alcohol motifs (C(OH)–C–C–N with tert-alkyl or cyclic N) is 1. The Morgan fingerprint density at radius 1 is 1.09 bits per heavy atom. The average molecular weight is 667 g/mol. The highest BCUT2D eigenvalue weighted by Gasteiger charge is 2.52. The zero-order valence-corrected chi connectivity index (χ0v) is 28.0. The maximum absolute atomic E-state index is 14.4. The molecule has 3 aliphatic heterocycles. The van der Waals surface area contributed by atoms with Crippen LogP contribution in [0.1, 0.15) is 62.5 Å². The van der Waals surface area contributed by atoms with Gasteiger partial charge < -0.3 is 14.9 Å². The normalized spacial score (nSPS) is 28.1. The fraction of sp³-hybridized carbons (Fsp3) is 0.556. The predicted molar refractivity (Wildman–Crippen MR) is 177 cm³/mol. The molecule has 3 saturated heterocycles. The predicted octanol–water partition coefficient (Wildman–Crippen LogP) is 3.82. The van der Waals surface area contributed by atoms with Crippen molar-refractivity contribution in [3.63, 3.8) is 0 Å². The van der Waals surface area contributed by atoms with Gasteiger partial charge in [0.25, 0.3) is 0 Å². The number of amides is 2. The summed E-state index contributed by atoms with van der Waals surface area (Å²) in [5, 5.41) is 12.2. The molecule has 3 heterocycles. The van der Waals surface area contributed by atoms with E-state index in [1.807, 2.05) is 9.80 Å². The van der Waals surface area contributed by atoms with Gasteiger partial charge in [0, 0.05) is 49.6 Å². The smallest absolute Gasteiger partial charge is 0.240 e. The molecule has 2 N–H and O–H groups in total. The molecule has 4 fully saturated rings. The summed E-state index contributed by atoms with van der Waals surface area (Å²) in [5.74, 6) is -0.579. The zero-order chi connectivity index (χ0) is 33.3. The number of aliphatic hydroxyl groups is 1. The molecule has 4 unspecified atom stereocenters. The summed E-state index contributed by atoms with van der Waals surface area (Å²) in [7, 11) is -2.19. The Bertz CT molecular complexity index is 1570. The fourth-order valence-corrected chi connectivity index (χ4v) is 9.35. The minimum absolute atomic E-state index is 0.00476. The highest BCUT2D eigenvalue weighted by Crippen LogP contribution is 2.44. The van der Waals surface area contributed by atoms with Crippen LogP contribution in [0.25, 0.3) is 0 Å². The van der Waals surface area contributed by atoms with Gasteiger partial charge in [-0.25, -0.2) is 17.5 Å². The number of rotatable bonds is 11. The van der Waals surface area contributed by atoms with Gasteiger partial charge in [-0.15, -0.1) is 6.58 Å². The highest BCUT2D eigenvalue weighted by atomic mass is 32.2. The number of piperidine rings is 1. The van der Waals surface area contributed by atoms with E-state index in [9.17, 15) is 27.5 Å². The Balaban J connectivity index is 1.16. The largest absolute Gasteiger partial charge is 0.383 e. The number of hydrogen-bond donors (Lipinski definition) is 2. The minimum Gasteiger partial charge on any atom is -0.383 e.